The molecular formula is C28H72B4F16N4. The van der Waals surface area contributed by atoms with Gasteiger partial charge in [-0.05, 0) is 77.0 Å². The molecule has 12 N–H and O–H groups in total. The summed E-state index contributed by atoms with van der Waals surface area (Å²) >= 11 is 0. The van der Waals surface area contributed by atoms with Gasteiger partial charge in [0, 0.05) is 0 Å². The Bertz CT molecular complexity index is 552. The largest absolute Gasteiger partial charge is 0.673 e. The van der Waals surface area contributed by atoms with Crippen molar-refractivity contribution in [2.75, 3.05) is 0 Å². The van der Waals surface area contributed by atoms with Crippen LogP contribution in [0.1, 0.15) is 160 Å². The maximum Gasteiger partial charge on any atom is 0.673 e. The second-order valence-corrected chi connectivity index (χ2v) is 12.2. The first-order valence-electron chi connectivity index (χ1n) is 17.6. The van der Waals surface area contributed by atoms with Gasteiger partial charge in [0.2, 0.25) is 0 Å². The molecule has 0 unspecified atom stereocenters. The van der Waals surface area contributed by atoms with Crippen LogP contribution in [-0.2, 0) is 0 Å². The quantitative estimate of drug-likeness (QED) is 0.111. The predicted octanol–water partition coefficient (Wildman–Crippen LogP) is 9.99. The zero-order valence-corrected chi connectivity index (χ0v) is 33.7. The van der Waals surface area contributed by atoms with E-state index < -0.39 is 29.0 Å². The second-order valence-electron chi connectivity index (χ2n) is 12.2. The van der Waals surface area contributed by atoms with Crippen molar-refractivity contribution in [3.8, 4) is 0 Å². The smallest absolute Gasteiger partial charge is 0.418 e. The molecule has 0 amide bonds. The Morgan fingerprint density at radius 3 is 0.269 bits per heavy atom. The van der Waals surface area contributed by atoms with Crippen LogP contribution in [0.15, 0.2) is 0 Å². The molecule has 0 fully saturated rings. The predicted molar refractivity (Wildman–Crippen MR) is 187 cm³/mol. The highest BCUT2D eigenvalue weighted by Gasteiger charge is 2.24. The van der Waals surface area contributed by atoms with Gasteiger partial charge in [-0.15, -0.1) is 0 Å². The Morgan fingerprint density at radius 1 is 0.231 bits per heavy atom. The van der Waals surface area contributed by atoms with Crippen LogP contribution in [0.4, 0.5) is 69.1 Å². The first-order chi connectivity index (χ1) is 22.7. The number of hydrogen-bond donors (Lipinski definition) is 4. The van der Waals surface area contributed by atoms with E-state index in [9.17, 15) is 69.1 Å². The van der Waals surface area contributed by atoms with Gasteiger partial charge in [-0.1, -0.05) is 83.1 Å². The molecule has 24 heteroatoms. The second kappa shape index (κ2) is 34.5. The van der Waals surface area contributed by atoms with Crippen LogP contribution in [0.5, 0.6) is 0 Å². The van der Waals surface area contributed by atoms with E-state index in [1.54, 1.807) is 0 Å². The standard InChI is InChI=1S/4C7H17N.4BF4/c4*1-4-7(8,5-2)6-3;4*2-1(3,4)5/h4*4-6,8H2,1-3H3;;;;/q;;;;4*-1/p+4. The Morgan fingerprint density at radius 2 is 0.269 bits per heavy atom. The monoisotopic (exact) mass is 813 g/mol. The SMILES string of the molecule is CCC([NH3+])(CC)CC.CCC([NH3+])(CC)CC.CCC([NH3+])(CC)CC.CCC([NH3+])(CC)CC.F[B-](F)(F)F.F[B-](F)(F)F.F[B-](F)(F)F.F[B-](F)(F)F. The van der Waals surface area contributed by atoms with Crippen molar-refractivity contribution in [1.29, 1.82) is 0 Å². The summed E-state index contributed by atoms with van der Waals surface area (Å²) in [5.74, 6) is 0. The molecule has 52 heavy (non-hydrogen) atoms. The Kier molecular flexibility index (Phi) is 45.7. The zero-order chi connectivity index (χ0) is 44.5. The van der Waals surface area contributed by atoms with Gasteiger partial charge < -0.3 is 92.0 Å². The molecule has 0 aromatic heterocycles. The molecule has 0 heterocycles. The van der Waals surface area contributed by atoms with Crippen molar-refractivity contribution in [3.05, 3.63) is 0 Å². The summed E-state index contributed by atoms with van der Waals surface area (Å²) in [6.07, 6.45) is 14.5. The maximum atomic E-state index is 9.75. The van der Waals surface area contributed by atoms with Crippen LogP contribution in [0.25, 0.3) is 0 Å². The van der Waals surface area contributed by atoms with Gasteiger partial charge in [0.05, 0.1) is 22.2 Å². The fourth-order valence-electron chi connectivity index (χ4n) is 3.00. The van der Waals surface area contributed by atoms with E-state index in [4.69, 9.17) is 0 Å². The fraction of sp³-hybridized carbons (Fsp3) is 1.00. The van der Waals surface area contributed by atoms with Gasteiger partial charge in [-0.2, -0.15) is 0 Å². The molecular weight excluding hydrogens is 740 g/mol. The number of hydrogen-bond acceptors (Lipinski definition) is 0. The molecule has 0 atom stereocenters. The van der Waals surface area contributed by atoms with Gasteiger partial charge in [0.25, 0.3) is 0 Å². The molecule has 0 rings (SSSR count). The molecule has 0 aromatic rings. The topological polar surface area (TPSA) is 111 Å². The summed E-state index contributed by atoms with van der Waals surface area (Å²) in [6.45, 7) is 26.5. The highest BCUT2D eigenvalue weighted by atomic mass is 19.5. The fourth-order valence-corrected chi connectivity index (χ4v) is 3.00. The Balaban J connectivity index is -0.0000000716. The third kappa shape index (κ3) is 92.2. The van der Waals surface area contributed by atoms with Crippen LogP contribution >= 0.6 is 0 Å². The average molecular weight is 812 g/mol. The van der Waals surface area contributed by atoms with Gasteiger partial charge in [-0.3, -0.25) is 0 Å². The zero-order valence-electron chi connectivity index (χ0n) is 33.7. The van der Waals surface area contributed by atoms with E-state index in [-0.39, 0.29) is 0 Å². The average Bonchev–Trinajstić information content (AvgIpc) is 3.01. The van der Waals surface area contributed by atoms with Crippen molar-refractivity contribution in [3.63, 3.8) is 0 Å². The van der Waals surface area contributed by atoms with Crippen LogP contribution in [0, 0.1) is 0 Å². The van der Waals surface area contributed by atoms with Gasteiger partial charge in [-0.25, -0.2) is 0 Å². The lowest BCUT2D eigenvalue weighted by molar-refractivity contribution is -0.481. The summed E-state index contributed by atoms with van der Waals surface area (Å²) in [4.78, 5) is 0. The van der Waals surface area contributed by atoms with E-state index >= 15 is 0 Å². The summed E-state index contributed by atoms with van der Waals surface area (Å²) in [7, 11) is -24.0. The summed E-state index contributed by atoms with van der Waals surface area (Å²) in [5.41, 5.74) is 18.0. The number of halogens is 16. The first-order valence-corrected chi connectivity index (χ1v) is 17.6. The molecule has 0 aliphatic carbocycles. The molecule has 0 spiro atoms. The Hall–Kier alpha value is -1.02. The van der Waals surface area contributed by atoms with Crippen LogP contribution < -0.4 is 22.9 Å². The van der Waals surface area contributed by atoms with Crippen molar-refractivity contribution < 1.29 is 92.0 Å². The molecule has 0 aliphatic rings. The molecule has 0 bridgehead atoms. The lowest BCUT2D eigenvalue weighted by Crippen LogP contribution is -2.71. The van der Waals surface area contributed by atoms with Crippen molar-refractivity contribution in [2.45, 2.75) is 182 Å². The normalized spacial score (nSPS) is 12.0. The van der Waals surface area contributed by atoms with Gasteiger partial charge in [0.1, 0.15) is 0 Å². The van der Waals surface area contributed by atoms with E-state index in [0.29, 0.717) is 22.2 Å². The number of quaternary nitrogens is 4. The molecule has 0 saturated heterocycles. The lowest BCUT2D eigenvalue weighted by Gasteiger charge is -2.19. The van der Waals surface area contributed by atoms with Crippen molar-refractivity contribution in [1.82, 2.24) is 0 Å². The minimum Gasteiger partial charge on any atom is -0.418 e. The molecule has 4 nitrogen and oxygen atoms in total. The van der Waals surface area contributed by atoms with Crippen molar-refractivity contribution >= 4 is 29.0 Å². The van der Waals surface area contributed by atoms with Crippen LogP contribution in [-0.4, -0.2) is 51.2 Å². The minimum atomic E-state index is -6.00. The minimum absolute atomic E-state index is 0.375. The van der Waals surface area contributed by atoms with E-state index in [0.717, 1.165) is 0 Å². The third-order valence-electron chi connectivity index (χ3n) is 9.00. The highest BCUT2D eigenvalue weighted by Crippen LogP contribution is 2.14. The molecule has 0 saturated carbocycles. The molecule has 0 aromatic carbocycles. The first kappa shape index (κ1) is 68.9. The summed E-state index contributed by atoms with van der Waals surface area (Å²) < 4.78 is 156. The third-order valence-corrected chi connectivity index (χ3v) is 9.00. The van der Waals surface area contributed by atoms with E-state index in [1.165, 1.54) is 77.0 Å². The molecule has 0 aliphatic heterocycles. The Labute approximate surface area is 303 Å². The lowest BCUT2D eigenvalue weighted by atomic mass is 9.92. The molecule has 328 valence electrons. The van der Waals surface area contributed by atoms with Gasteiger partial charge >= 0.3 is 29.0 Å². The van der Waals surface area contributed by atoms with E-state index in [2.05, 4.69) is 106 Å². The van der Waals surface area contributed by atoms with Crippen LogP contribution in [0.3, 0.4) is 0 Å². The summed E-state index contributed by atoms with van der Waals surface area (Å²) in [5, 5.41) is 0. The highest BCUT2D eigenvalue weighted by molar-refractivity contribution is 6.50. The summed E-state index contributed by atoms with van der Waals surface area (Å²) in [6, 6.07) is 0. The maximum absolute atomic E-state index is 9.75. The number of rotatable bonds is 12. The van der Waals surface area contributed by atoms with E-state index in [1.807, 2.05) is 0 Å². The molecule has 0 radical (unpaired) electrons. The van der Waals surface area contributed by atoms with Crippen LogP contribution in [0.2, 0.25) is 0 Å². The van der Waals surface area contributed by atoms with Crippen molar-refractivity contribution in [2.24, 2.45) is 0 Å². The van der Waals surface area contributed by atoms with Gasteiger partial charge in [0.15, 0.2) is 0 Å².